The Bertz CT molecular complexity index is 558. The molecule has 1 atom stereocenters. The minimum absolute atomic E-state index is 0. The van der Waals surface area contributed by atoms with Gasteiger partial charge in [0.05, 0.1) is 5.69 Å². The molecule has 0 spiro atoms. The van der Waals surface area contributed by atoms with Crippen molar-refractivity contribution in [1.82, 2.24) is 19.7 Å². The summed E-state index contributed by atoms with van der Waals surface area (Å²) in [5.41, 5.74) is 8.11. The lowest BCUT2D eigenvalue weighted by atomic mass is 10.1. The van der Waals surface area contributed by atoms with Crippen LogP contribution in [-0.4, -0.2) is 38.8 Å². The smallest absolute Gasteiger partial charge is 0.138 e. The molecule has 1 saturated heterocycles. The zero-order valence-electron chi connectivity index (χ0n) is 10.9. The van der Waals surface area contributed by atoms with Gasteiger partial charge in [0.25, 0.3) is 0 Å². The van der Waals surface area contributed by atoms with Crippen LogP contribution in [0.5, 0.6) is 0 Å². The lowest BCUT2D eigenvalue weighted by Gasteiger charge is -2.17. The molecule has 108 valence electrons. The van der Waals surface area contributed by atoms with E-state index >= 15 is 0 Å². The Balaban J connectivity index is 0.00000147. The summed E-state index contributed by atoms with van der Waals surface area (Å²) in [5.74, 6) is 0. The third-order valence-corrected chi connectivity index (χ3v) is 3.65. The van der Waals surface area contributed by atoms with Crippen LogP contribution in [0.25, 0.3) is 5.69 Å². The molecule has 1 unspecified atom stereocenters. The van der Waals surface area contributed by atoms with Crippen molar-refractivity contribution in [1.29, 1.82) is 0 Å². The van der Waals surface area contributed by atoms with Gasteiger partial charge in [-0.2, -0.15) is 5.10 Å². The van der Waals surface area contributed by atoms with Crippen LogP contribution in [0.2, 0.25) is 5.02 Å². The number of hydrogen-bond donors (Lipinski definition) is 1. The van der Waals surface area contributed by atoms with Crippen molar-refractivity contribution in [2.24, 2.45) is 5.73 Å². The maximum Gasteiger partial charge on any atom is 0.138 e. The number of benzene rings is 1. The highest BCUT2D eigenvalue weighted by Gasteiger charge is 2.20. The summed E-state index contributed by atoms with van der Waals surface area (Å²) in [6, 6.07) is 6.17. The fourth-order valence-corrected chi connectivity index (χ4v) is 2.63. The molecule has 20 heavy (non-hydrogen) atoms. The van der Waals surface area contributed by atoms with Gasteiger partial charge in [-0.3, -0.25) is 4.90 Å². The first kappa shape index (κ1) is 15.3. The van der Waals surface area contributed by atoms with E-state index < -0.39 is 0 Å². The molecule has 0 aliphatic carbocycles. The Morgan fingerprint density at radius 1 is 1.40 bits per heavy atom. The third kappa shape index (κ3) is 3.30. The van der Waals surface area contributed by atoms with E-state index in [4.69, 9.17) is 17.3 Å². The molecule has 1 aliphatic heterocycles. The number of hydrogen-bond acceptors (Lipinski definition) is 4. The van der Waals surface area contributed by atoms with Crippen molar-refractivity contribution in [3.63, 3.8) is 0 Å². The maximum atomic E-state index is 6.08. The van der Waals surface area contributed by atoms with Crippen molar-refractivity contribution in [3.05, 3.63) is 41.4 Å². The quantitative estimate of drug-likeness (QED) is 0.940. The highest BCUT2D eigenvalue weighted by Crippen LogP contribution is 2.22. The Morgan fingerprint density at radius 2 is 2.25 bits per heavy atom. The summed E-state index contributed by atoms with van der Waals surface area (Å²) in [6.07, 6.45) is 4.27. The zero-order chi connectivity index (χ0) is 13.2. The van der Waals surface area contributed by atoms with Gasteiger partial charge in [0, 0.05) is 30.7 Å². The summed E-state index contributed by atoms with van der Waals surface area (Å²) in [5, 5.41) is 4.88. The summed E-state index contributed by atoms with van der Waals surface area (Å²) < 4.78 is 1.75. The van der Waals surface area contributed by atoms with Crippen LogP contribution in [0.4, 0.5) is 0 Å². The van der Waals surface area contributed by atoms with Gasteiger partial charge in [-0.05, 0) is 24.1 Å². The van der Waals surface area contributed by atoms with Crippen LogP contribution in [0.3, 0.4) is 0 Å². The summed E-state index contributed by atoms with van der Waals surface area (Å²) >= 11 is 6.08. The predicted molar refractivity (Wildman–Crippen MR) is 81.5 cm³/mol. The van der Waals surface area contributed by atoms with Crippen LogP contribution < -0.4 is 5.73 Å². The minimum Gasteiger partial charge on any atom is -0.326 e. The van der Waals surface area contributed by atoms with Gasteiger partial charge in [-0.15, -0.1) is 12.4 Å². The first-order valence-corrected chi connectivity index (χ1v) is 6.71. The molecular formula is C13H17Cl2N5. The lowest BCUT2D eigenvalue weighted by molar-refractivity contribution is 0.326. The van der Waals surface area contributed by atoms with Crippen molar-refractivity contribution in [2.45, 2.75) is 19.0 Å². The van der Waals surface area contributed by atoms with Gasteiger partial charge in [0.2, 0.25) is 0 Å². The van der Waals surface area contributed by atoms with Gasteiger partial charge < -0.3 is 5.73 Å². The second kappa shape index (κ2) is 6.54. The summed E-state index contributed by atoms with van der Waals surface area (Å²) in [4.78, 5) is 6.34. The molecular weight excluding hydrogens is 297 g/mol. The van der Waals surface area contributed by atoms with E-state index in [1.54, 1.807) is 11.0 Å². The molecule has 1 aromatic carbocycles. The molecule has 0 saturated carbocycles. The van der Waals surface area contributed by atoms with Crippen LogP contribution >= 0.6 is 24.0 Å². The molecule has 2 heterocycles. The van der Waals surface area contributed by atoms with Crippen molar-refractivity contribution >= 4 is 24.0 Å². The van der Waals surface area contributed by atoms with Crippen LogP contribution in [0.15, 0.2) is 30.9 Å². The highest BCUT2D eigenvalue weighted by molar-refractivity contribution is 6.30. The molecule has 1 aromatic heterocycles. The van der Waals surface area contributed by atoms with Crippen molar-refractivity contribution < 1.29 is 0 Å². The molecule has 1 fully saturated rings. The van der Waals surface area contributed by atoms with Gasteiger partial charge in [-0.1, -0.05) is 17.7 Å². The van der Waals surface area contributed by atoms with Crippen LogP contribution in [-0.2, 0) is 6.54 Å². The summed E-state index contributed by atoms with van der Waals surface area (Å²) in [7, 11) is 0. The topological polar surface area (TPSA) is 60.0 Å². The van der Waals surface area contributed by atoms with Crippen molar-refractivity contribution in [2.75, 3.05) is 13.1 Å². The number of likely N-dealkylation sites (tertiary alicyclic amines) is 1. The summed E-state index contributed by atoms with van der Waals surface area (Å²) in [6.45, 7) is 2.85. The Hall–Kier alpha value is -1.14. The van der Waals surface area contributed by atoms with E-state index in [0.29, 0.717) is 11.1 Å². The Labute approximate surface area is 129 Å². The molecule has 2 N–H and O–H groups in total. The van der Waals surface area contributed by atoms with Gasteiger partial charge in [0.15, 0.2) is 0 Å². The molecule has 0 radical (unpaired) electrons. The SMILES string of the molecule is Cl.NC1CCN(Cc2ccc(Cl)cc2-n2cncn2)C1. The number of nitrogens with zero attached hydrogens (tertiary/aromatic N) is 4. The molecule has 2 aromatic rings. The number of rotatable bonds is 3. The predicted octanol–water partition coefficient (Wildman–Crippen LogP) is 1.88. The lowest BCUT2D eigenvalue weighted by Crippen LogP contribution is -2.26. The third-order valence-electron chi connectivity index (χ3n) is 3.42. The van der Waals surface area contributed by atoms with Gasteiger partial charge >= 0.3 is 0 Å². The normalized spacial score (nSPS) is 19.0. The molecule has 0 bridgehead atoms. The van der Waals surface area contributed by atoms with E-state index in [2.05, 4.69) is 15.0 Å². The van der Waals surface area contributed by atoms with E-state index in [-0.39, 0.29) is 12.4 Å². The largest absolute Gasteiger partial charge is 0.326 e. The molecule has 3 rings (SSSR count). The molecule has 1 aliphatic rings. The Morgan fingerprint density at radius 3 is 2.90 bits per heavy atom. The highest BCUT2D eigenvalue weighted by atomic mass is 35.5. The fourth-order valence-electron chi connectivity index (χ4n) is 2.46. The number of nitrogens with two attached hydrogens (primary N) is 1. The van der Waals surface area contributed by atoms with Crippen LogP contribution in [0, 0.1) is 0 Å². The average molecular weight is 314 g/mol. The maximum absolute atomic E-state index is 6.08. The zero-order valence-corrected chi connectivity index (χ0v) is 12.5. The monoisotopic (exact) mass is 313 g/mol. The first-order valence-electron chi connectivity index (χ1n) is 6.34. The van der Waals surface area contributed by atoms with Crippen LogP contribution in [0.1, 0.15) is 12.0 Å². The Kier molecular flexibility index (Phi) is 4.99. The minimum atomic E-state index is 0. The van der Waals surface area contributed by atoms with Crippen molar-refractivity contribution in [3.8, 4) is 5.69 Å². The number of aromatic nitrogens is 3. The van der Waals surface area contributed by atoms with E-state index in [1.165, 1.54) is 11.9 Å². The standard InChI is InChI=1S/C13H16ClN5.ClH/c14-11-2-1-10(6-18-4-3-12(15)7-18)13(5-11)19-9-16-8-17-19;/h1-2,5,8-9,12H,3-4,6-7,15H2;1H. The van der Waals surface area contributed by atoms with E-state index in [0.717, 1.165) is 31.7 Å². The van der Waals surface area contributed by atoms with E-state index in [1.807, 2.05) is 18.2 Å². The van der Waals surface area contributed by atoms with Gasteiger partial charge in [-0.25, -0.2) is 9.67 Å². The second-order valence-corrected chi connectivity index (χ2v) is 5.33. The fraction of sp³-hybridized carbons (Fsp3) is 0.385. The number of halogens is 2. The second-order valence-electron chi connectivity index (χ2n) is 4.90. The van der Waals surface area contributed by atoms with Gasteiger partial charge in [0.1, 0.15) is 12.7 Å². The first-order chi connectivity index (χ1) is 9.22. The molecule has 5 nitrogen and oxygen atoms in total. The molecule has 7 heteroatoms. The van der Waals surface area contributed by atoms with E-state index in [9.17, 15) is 0 Å². The molecule has 0 amide bonds. The average Bonchev–Trinajstić information content (AvgIpc) is 3.03.